The Morgan fingerprint density at radius 2 is 2.33 bits per heavy atom. The molecule has 0 aliphatic heterocycles. The van der Waals surface area contributed by atoms with Crippen LogP contribution in [0.3, 0.4) is 0 Å². The Morgan fingerprint density at radius 1 is 1.58 bits per heavy atom. The van der Waals surface area contributed by atoms with Crippen molar-refractivity contribution in [2.45, 2.75) is 19.8 Å². The van der Waals surface area contributed by atoms with Gasteiger partial charge in [0.2, 0.25) is 0 Å². The molecular formula is C9H12BrNO. The molecule has 3 heteroatoms. The van der Waals surface area contributed by atoms with Crippen LogP contribution in [0, 0.1) is 6.92 Å². The first kappa shape index (κ1) is 9.68. The van der Waals surface area contributed by atoms with Crippen LogP contribution in [0.1, 0.15) is 17.7 Å². The van der Waals surface area contributed by atoms with Crippen molar-refractivity contribution in [2.75, 3.05) is 6.61 Å². The van der Waals surface area contributed by atoms with Crippen molar-refractivity contribution >= 4 is 15.9 Å². The summed E-state index contributed by atoms with van der Waals surface area (Å²) in [5.41, 5.74) is 2.17. The van der Waals surface area contributed by atoms with E-state index in [0.29, 0.717) is 0 Å². The van der Waals surface area contributed by atoms with Crippen molar-refractivity contribution in [1.82, 2.24) is 4.98 Å². The highest BCUT2D eigenvalue weighted by Crippen LogP contribution is 2.15. The highest BCUT2D eigenvalue weighted by Gasteiger charge is 1.97. The fraction of sp³-hybridized carbons (Fsp3) is 0.444. The number of hydrogen-bond donors (Lipinski definition) is 1. The summed E-state index contributed by atoms with van der Waals surface area (Å²) in [7, 11) is 0. The van der Waals surface area contributed by atoms with Crippen molar-refractivity contribution in [2.24, 2.45) is 0 Å². The smallest absolute Gasteiger partial charge is 0.0514 e. The number of nitrogens with zero attached hydrogens (tertiary/aromatic N) is 1. The van der Waals surface area contributed by atoms with E-state index in [1.165, 1.54) is 5.56 Å². The molecule has 1 rings (SSSR count). The molecule has 1 N–H and O–H groups in total. The predicted molar refractivity (Wildman–Crippen MR) is 52.1 cm³/mol. The summed E-state index contributed by atoms with van der Waals surface area (Å²) < 4.78 is 1.04. The quantitative estimate of drug-likeness (QED) is 0.862. The van der Waals surface area contributed by atoms with Gasteiger partial charge in [0.25, 0.3) is 0 Å². The van der Waals surface area contributed by atoms with Crippen molar-refractivity contribution in [3.05, 3.63) is 28.0 Å². The summed E-state index contributed by atoms with van der Waals surface area (Å²) in [6.45, 7) is 2.20. The normalized spacial score (nSPS) is 10.2. The molecule has 1 heterocycles. The molecule has 0 aliphatic rings. The number of hydrogen-bond acceptors (Lipinski definition) is 2. The van der Waals surface area contributed by atoms with Gasteiger partial charge in [-0.2, -0.15) is 0 Å². The zero-order valence-corrected chi connectivity index (χ0v) is 8.63. The molecule has 0 unspecified atom stereocenters. The van der Waals surface area contributed by atoms with Gasteiger partial charge in [0, 0.05) is 17.3 Å². The van der Waals surface area contributed by atoms with Crippen molar-refractivity contribution in [1.29, 1.82) is 0 Å². The zero-order valence-electron chi connectivity index (χ0n) is 7.05. The molecule has 2 nitrogen and oxygen atoms in total. The summed E-state index contributed by atoms with van der Waals surface area (Å²) in [4.78, 5) is 4.20. The van der Waals surface area contributed by atoms with E-state index < -0.39 is 0 Å². The summed E-state index contributed by atoms with van der Waals surface area (Å²) in [5, 5.41) is 8.62. The van der Waals surface area contributed by atoms with E-state index in [2.05, 4.69) is 27.0 Å². The van der Waals surface area contributed by atoms with Crippen molar-refractivity contribution in [3.8, 4) is 0 Å². The Morgan fingerprint density at radius 3 is 2.92 bits per heavy atom. The highest BCUT2D eigenvalue weighted by atomic mass is 79.9. The van der Waals surface area contributed by atoms with Crippen LogP contribution in [0.4, 0.5) is 0 Å². The number of rotatable bonds is 3. The average Bonchev–Trinajstić information content (AvgIpc) is 2.07. The monoisotopic (exact) mass is 229 g/mol. The second-order valence-corrected chi connectivity index (χ2v) is 3.59. The molecule has 1 aromatic heterocycles. The summed E-state index contributed by atoms with van der Waals surface area (Å²) >= 11 is 3.41. The molecule has 1 aromatic rings. The van der Waals surface area contributed by atoms with Crippen LogP contribution in [-0.4, -0.2) is 16.7 Å². The maximum absolute atomic E-state index is 8.62. The third kappa shape index (κ3) is 2.57. The lowest BCUT2D eigenvalue weighted by Crippen LogP contribution is -1.92. The fourth-order valence-electron chi connectivity index (χ4n) is 0.966. The van der Waals surface area contributed by atoms with Crippen LogP contribution < -0.4 is 0 Å². The molecule has 0 fully saturated rings. The minimum absolute atomic E-state index is 0.242. The summed E-state index contributed by atoms with van der Waals surface area (Å²) in [5.74, 6) is 0. The van der Waals surface area contributed by atoms with Gasteiger partial charge in [-0.1, -0.05) is 0 Å². The van der Waals surface area contributed by atoms with E-state index in [1.807, 2.05) is 13.1 Å². The molecule has 0 saturated heterocycles. The Labute approximate surface area is 80.8 Å². The molecule has 0 saturated carbocycles. The summed E-state index contributed by atoms with van der Waals surface area (Å²) in [6.07, 6.45) is 3.55. The minimum atomic E-state index is 0.242. The van der Waals surface area contributed by atoms with Crippen LogP contribution in [0.15, 0.2) is 16.7 Å². The maximum atomic E-state index is 8.62. The largest absolute Gasteiger partial charge is 0.396 e. The first-order valence-corrected chi connectivity index (χ1v) is 4.75. The third-order valence-corrected chi connectivity index (χ3v) is 2.51. The first-order chi connectivity index (χ1) is 5.74. The molecule has 0 spiro atoms. The number of aliphatic hydroxyl groups is 1. The van der Waals surface area contributed by atoms with Gasteiger partial charge in [-0.3, -0.25) is 4.98 Å². The maximum Gasteiger partial charge on any atom is 0.0514 e. The Balaban J connectivity index is 2.69. The topological polar surface area (TPSA) is 33.1 Å². The van der Waals surface area contributed by atoms with Crippen LogP contribution in [0.25, 0.3) is 0 Å². The SMILES string of the molecule is Cc1ncc(CCCO)cc1Br. The van der Waals surface area contributed by atoms with Gasteiger partial charge < -0.3 is 5.11 Å². The zero-order chi connectivity index (χ0) is 8.97. The van der Waals surface area contributed by atoms with Crippen molar-refractivity contribution < 1.29 is 5.11 Å². The lowest BCUT2D eigenvalue weighted by atomic mass is 10.1. The number of halogens is 1. The minimum Gasteiger partial charge on any atom is -0.396 e. The average molecular weight is 230 g/mol. The van der Waals surface area contributed by atoms with Gasteiger partial charge in [-0.05, 0) is 47.3 Å². The van der Waals surface area contributed by atoms with E-state index in [9.17, 15) is 0 Å². The van der Waals surface area contributed by atoms with E-state index in [4.69, 9.17) is 5.11 Å². The molecule has 12 heavy (non-hydrogen) atoms. The van der Waals surface area contributed by atoms with E-state index in [-0.39, 0.29) is 6.61 Å². The molecule has 0 aliphatic carbocycles. The molecule has 0 atom stereocenters. The molecule has 0 aromatic carbocycles. The lowest BCUT2D eigenvalue weighted by Gasteiger charge is -2.01. The highest BCUT2D eigenvalue weighted by molar-refractivity contribution is 9.10. The van der Waals surface area contributed by atoms with Gasteiger partial charge in [0.15, 0.2) is 0 Å². The van der Waals surface area contributed by atoms with Gasteiger partial charge in [-0.15, -0.1) is 0 Å². The van der Waals surface area contributed by atoms with Crippen LogP contribution in [-0.2, 0) is 6.42 Å². The second kappa shape index (κ2) is 4.58. The standard InChI is InChI=1S/C9H12BrNO/c1-7-9(10)5-8(6-11-7)3-2-4-12/h5-6,12H,2-4H2,1H3. The van der Waals surface area contributed by atoms with Gasteiger partial charge in [-0.25, -0.2) is 0 Å². The number of aromatic nitrogens is 1. The molecule has 66 valence electrons. The third-order valence-electron chi connectivity index (χ3n) is 1.71. The molecule has 0 radical (unpaired) electrons. The Bertz CT molecular complexity index is 263. The van der Waals surface area contributed by atoms with Crippen LogP contribution in [0.5, 0.6) is 0 Å². The van der Waals surface area contributed by atoms with E-state index in [0.717, 1.165) is 23.0 Å². The van der Waals surface area contributed by atoms with Crippen LogP contribution in [0.2, 0.25) is 0 Å². The second-order valence-electron chi connectivity index (χ2n) is 2.74. The molecule has 0 bridgehead atoms. The Hall–Kier alpha value is -0.410. The van der Waals surface area contributed by atoms with Gasteiger partial charge >= 0.3 is 0 Å². The lowest BCUT2D eigenvalue weighted by molar-refractivity contribution is 0.288. The number of aliphatic hydroxyl groups excluding tert-OH is 1. The van der Waals surface area contributed by atoms with Crippen LogP contribution >= 0.6 is 15.9 Å². The number of aryl methyl sites for hydroxylation is 2. The molecule has 0 amide bonds. The van der Waals surface area contributed by atoms with Gasteiger partial charge in [0.05, 0.1) is 5.69 Å². The molecular weight excluding hydrogens is 218 g/mol. The fourth-order valence-corrected chi connectivity index (χ4v) is 1.36. The number of pyridine rings is 1. The van der Waals surface area contributed by atoms with E-state index in [1.54, 1.807) is 0 Å². The van der Waals surface area contributed by atoms with Crippen molar-refractivity contribution in [3.63, 3.8) is 0 Å². The summed E-state index contributed by atoms with van der Waals surface area (Å²) in [6, 6.07) is 2.05. The predicted octanol–water partition coefficient (Wildman–Crippen LogP) is 2.08. The first-order valence-electron chi connectivity index (χ1n) is 3.96. The van der Waals surface area contributed by atoms with Gasteiger partial charge in [0.1, 0.15) is 0 Å². The van der Waals surface area contributed by atoms with E-state index >= 15 is 0 Å². The Kier molecular flexibility index (Phi) is 3.69.